The molecule has 1 aromatic carbocycles. The SMILES string of the molecule is CCOC(=O)c1ccc(N(C(=O)OCC)C2CCS(=O)(=O)C2)cc1. The summed E-state index contributed by atoms with van der Waals surface area (Å²) in [5.41, 5.74) is 0.854. The van der Waals surface area contributed by atoms with Crippen molar-refractivity contribution < 1.29 is 27.5 Å². The maximum Gasteiger partial charge on any atom is 0.414 e. The van der Waals surface area contributed by atoms with Crippen molar-refractivity contribution in [3.8, 4) is 0 Å². The largest absolute Gasteiger partial charge is 0.462 e. The summed E-state index contributed by atoms with van der Waals surface area (Å²) in [6, 6.07) is 5.80. The molecule has 132 valence electrons. The van der Waals surface area contributed by atoms with Crippen LogP contribution in [0.25, 0.3) is 0 Å². The van der Waals surface area contributed by atoms with Gasteiger partial charge in [-0.15, -0.1) is 0 Å². The first-order valence-electron chi connectivity index (χ1n) is 7.81. The van der Waals surface area contributed by atoms with E-state index in [0.29, 0.717) is 17.7 Å². The van der Waals surface area contributed by atoms with Crippen LogP contribution in [-0.2, 0) is 19.3 Å². The fourth-order valence-electron chi connectivity index (χ4n) is 2.61. The van der Waals surface area contributed by atoms with Crippen LogP contribution >= 0.6 is 0 Å². The highest BCUT2D eigenvalue weighted by molar-refractivity contribution is 7.91. The maximum atomic E-state index is 12.3. The predicted molar refractivity (Wildman–Crippen MR) is 89.0 cm³/mol. The number of anilines is 1. The third-order valence-corrected chi connectivity index (χ3v) is 5.45. The van der Waals surface area contributed by atoms with Crippen molar-refractivity contribution in [3.05, 3.63) is 29.8 Å². The smallest absolute Gasteiger partial charge is 0.414 e. The van der Waals surface area contributed by atoms with E-state index in [1.165, 1.54) is 4.90 Å². The fraction of sp³-hybridized carbons (Fsp3) is 0.500. The number of rotatable bonds is 5. The molecule has 1 atom stereocenters. The highest BCUT2D eigenvalue weighted by atomic mass is 32.2. The summed E-state index contributed by atoms with van der Waals surface area (Å²) in [5.74, 6) is -0.491. The van der Waals surface area contributed by atoms with Crippen LogP contribution in [0.1, 0.15) is 30.6 Å². The Hall–Kier alpha value is -2.09. The maximum absolute atomic E-state index is 12.3. The number of nitrogens with zero attached hydrogens (tertiary/aromatic N) is 1. The minimum Gasteiger partial charge on any atom is -0.462 e. The number of carbonyl (C=O) groups is 2. The van der Waals surface area contributed by atoms with Crippen molar-refractivity contribution in [1.82, 2.24) is 0 Å². The van der Waals surface area contributed by atoms with Crippen molar-refractivity contribution >= 4 is 27.6 Å². The standard InChI is InChI=1S/C16H21NO6S/c1-3-22-15(18)12-5-7-13(8-6-12)17(16(19)23-4-2)14-9-10-24(20,21)11-14/h5-8,14H,3-4,9-11H2,1-2H3. The molecule has 0 bridgehead atoms. The van der Waals surface area contributed by atoms with Crippen LogP contribution in [0.15, 0.2) is 24.3 Å². The van der Waals surface area contributed by atoms with Gasteiger partial charge in [-0.25, -0.2) is 18.0 Å². The van der Waals surface area contributed by atoms with Gasteiger partial charge in [-0.3, -0.25) is 4.90 Å². The quantitative estimate of drug-likeness (QED) is 0.751. The van der Waals surface area contributed by atoms with Crippen LogP contribution in [0.4, 0.5) is 10.5 Å². The van der Waals surface area contributed by atoms with E-state index >= 15 is 0 Å². The van der Waals surface area contributed by atoms with Gasteiger partial charge in [0, 0.05) is 5.69 Å². The molecule has 1 aliphatic heterocycles. The Morgan fingerprint density at radius 3 is 2.25 bits per heavy atom. The van der Waals surface area contributed by atoms with E-state index in [9.17, 15) is 18.0 Å². The van der Waals surface area contributed by atoms with Gasteiger partial charge >= 0.3 is 12.1 Å². The van der Waals surface area contributed by atoms with Crippen molar-refractivity contribution in [2.24, 2.45) is 0 Å². The lowest BCUT2D eigenvalue weighted by molar-refractivity contribution is 0.0526. The summed E-state index contributed by atoms with van der Waals surface area (Å²) in [5, 5.41) is 0. The van der Waals surface area contributed by atoms with Crippen LogP contribution in [0.5, 0.6) is 0 Å². The molecule has 8 heteroatoms. The summed E-state index contributed by atoms with van der Waals surface area (Å²) in [6.07, 6.45) is -0.232. The molecule has 0 spiro atoms. The lowest BCUT2D eigenvalue weighted by Crippen LogP contribution is -2.41. The summed E-state index contributed by atoms with van der Waals surface area (Å²) in [7, 11) is -3.15. The molecule has 1 heterocycles. The van der Waals surface area contributed by atoms with Crippen molar-refractivity contribution in [3.63, 3.8) is 0 Å². The molecule has 0 aromatic heterocycles. The first-order chi connectivity index (χ1) is 11.4. The van der Waals surface area contributed by atoms with Gasteiger partial charge in [-0.05, 0) is 44.5 Å². The summed E-state index contributed by atoms with van der Waals surface area (Å²) in [4.78, 5) is 25.3. The molecule has 1 fully saturated rings. The van der Waals surface area contributed by atoms with Gasteiger partial charge in [-0.2, -0.15) is 0 Å². The molecule has 24 heavy (non-hydrogen) atoms. The number of hydrogen-bond donors (Lipinski definition) is 0. The van der Waals surface area contributed by atoms with Crippen LogP contribution < -0.4 is 4.90 Å². The molecule has 1 unspecified atom stereocenters. The summed E-state index contributed by atoms with van der Waals surface area (Å²) < 4.78 is 33.4. The van der Waals surface area contributed by atoms with E-state index in [-0.39, 0.29) is 24.7 Å². The number of amides is 1. The van der Waals surface area contributed by atoms with Gasteiger partial charge in [0.25, 0.3) is 0 Å². The lowest BCUT2D eigenvalue weighted by atomic mass is 10.1. The van der Waals surface area contributed by atoms with Gasteiger partial charge in [0.1, 0.15) is 0 Å². The van der Waals surface area contributed by atoms with Crippen molar-refractivity contribution in [2.45, 2.75) is 26.3 Å². The van der Waals surface area contributed by atoms with E-state index in [0.717, 1.165) is 0 Å². The number of benzene rings is 1. The molecule has 7 nitrogen and oxygen atoms in total. The van der Waals surface area contributed by atoms with Crippen molar-refractivity contribution in [2.75, 3.05) is 29.6 Å². The summed E-state index contributed by atoms with van der Waals surface area (Å²) >= 11 is 0. The fourth-order valence-corrected chi connectivity index (χ4v) is 4.31. The average molecular weight is 355 g/mol. The van der Waals surface area contributed by atoms with Crippen LogP contribution in [0.2, 0.25) is 0 Å². The molecule has 0 saturated carbocycles. The number of hydrogen-bond acceptors (Lipinski definition) is 6. The van der Waals surface area contributed by atoms with Crippen molar-refractivity contribution in [1.29, 1.82) is 0 Å². The van der Waals surface area contributed by atoms with Crippen LogP contribution in [0.3, 0.4) is 0 Å². The molecular weight excluding hydrogens is 334 g/mol. The highest BCUT2D eigenvalue weighted by Crippen LogP contribution is 2.26. The van der Waals surface area contributed by atoms with Gasteiger partial charge in [0.15, 0.2) is 9.84 Å². The molecule has 1 aliphatic rings. The Bertz CT molecular complexity index is 698. The normalized spacial score (nSPS) is 18.8. The van der Waals surface area contributed by atoms with E-state index in [1.54, 1.807) is 38.1 Å². The second kappa shape index (κ2) is 7.65. The van der Waals surface area contributed by atoms with Gasteiger partial charge < -0.3 is 9.47 Å². The molecule has 1 saturated heterocycles. The van der Waals surface area contributed by atoms with E-state index in [2.05, 4.69) is 0 Å². The molecule has 0 aliphatic carbocycles. The Morgan fingerprint density at radius 1 is 1.12 bits per heavy atom. The second-order valence-corrected chi connectivity index (χ2v) is 7.62. The predicted octanol–water partition coefficient (Wildman–Crippen LogP) is 2.01. The summed E-state index contributed by atoms with van der Waals surface area (Å²) in [6.45, 7) is 3.87. The van der Waals surface area contributed by atoms with Gasteiger partial charge in [0.2, 0.25) is 0 Å². The minimum absolute atomic E-state index is 0.0501. The molecule has 1 aromatic rings. The molecule has 2 rings (SSSR count). The molecule has 0 radical (unpaired) electrons. The Kier molecular flexibility index (Phi) is 5.82. The average Bonchev–Trinajstić information content (AvgIpc) is 2.88. The zero-order valence-electron chi connectivity index (χ0n) is 13.7. The number of ether oxygens (including phenoxy) is 2. The Morgan fingerprint density at radius 2 is 1.75 bits per heavy atom. The van der Waals surface area contributed by atoms with Gasteiger partial charge in [-0.1, -0.05) is 0 Å². The third kappa shape index (κ3) is 4.25. The highest BCUT2D eigenvalue weighted by Gasteiger charge is 2.36. The number of esters is 1. The topological polar surface area (TPSA) is 90.0 Å². The first kappa shape index (κ1) is 18.3. The van der Waals surface area contributed by atoms with E-state index in [1.807, 2.05) is 0 Å². The molecular formula is C16H21NO6S. The number of sulfone groups is 1. The second-order valence-electron chi connectivity index (χ2n) is 5.39. The Labute approximate surface area is 141 Å². The Balaban J connectivity index is 2.27. The monoisotopic (exact) mass is 355 g/mol. The van der Waals surface area contributed by atoms with Gasteiger partial charge in [0.05, 0.1) is 36.3 Å². The lowest BCUT2D eigenvalue weighted by Gasteiger charge is -2.27. The third-order valence-electron chi connectivity index (χ3n) is 3.69. The molecule has 1 amide bonds. The number of carbonyl (C=O) groups excluding carboxylic acids is 2. The van der Waals surface area contributed by atoms with E-state index in [4.69, 9.17) is 9.47 Å². The minimum atomic E-state index is -3.15. The zero-order chi connectivity index (χ0) is 17.7. The first-order valence-corrected chi connectivity index (χ1v) is 9.63. The van der Waals surface area contributed by atoms with E-state index < -0.39 is 27.9 Å². The van der Waals surface area contributed by atoms with Crippen LogP contribution in [0, 0.1) is 0 Å². The van der Waals surface area contributed by atoms with Crippen LogP contribution in [-0.4, -0.2) is 51.2 Å². The zero-order valence-corrected chi connectivity index (χ0v) is 14.5. The molecule has 0 N–H and O–H groups in total.